The van der Waals surface area contributed by atoms with Gasteiger partial charge >= 0.3 is 0 Å². The number of H-pyrrole nitrogens is 1. The minimum Gasteiger partial charge on any atom is -0.481 e. The van der Waals surface area contributed by atoms with Gasteiger partial charge in [0.2, 0.25) is 5.88 Å². The first-order valence-corrected chi connectivity index (χ1v) is 11.7. The number of carbonyl (C=O) groups is 1. The van der Waals surface area contributed by atoms with Crippen LogP contribution >= 0.6 is 11.8 Å². The second-order valence-corrected chi connectivity index (χ2v) is 8.66. The van der Waals surface area contributed by atoms with Gasteiger partial charge in [0.05, 0.1) is 41.5 Å². The molecule has 2 N–H and O–H groups in total. The summed E-state index contributed by atoms with van der Waals surface area (Å²) in [6.45, 7) is 0. The Balaban J connectivity index is 1.34. The van der Waals surface area contributed by atoms with Crippen molar-refractivity contribution in [3.8, 4) is 5.88 Å². The quantitative estimate of drug-likeness (QED) is 0.300. The van der Waals surface area contributed by atoms with Crippen LogP contribution in [0.4, 0.5) is 5.69 Å². The summed E-state index contributed by atoms with van der Waals surface area (Å²) in [6.07, 6.45) is 7.21. The monoisotopic (exact) mass is 479 g/mol. The molecule has 2 aromatic carbocycles. The van der Waals surface area contributed by atoms with Gasteiger partial charge in [0.1, 0.15) is 0 Å². The smallest absolute Gasteiger partial charge is 0.256 e. The Hall–Kier alpha value is -4.43. The average Bonchev–Trinajstić information content (AvgIpc) is 3.31. The van der Waals surface area contributed by atoms with Gasteiger partial charge in [0, 0.05) is 27.4 Å². The average molecular weight is 480 g/mol. The summed E-state index contributed by atoms with van der Waals surface area (Å²) in [5.41, 5.74) is 3.81. The van der Waals surface area contributed by atoms with E-state index in [9.17, 15) is 4.79 Å². The van der Waals surface area contributed by atoms with Crippen LogP contribution in [0.3, 0.4) is 0 Å². The third-order valence-corrected chi connectivity index (χ3v) is 6.29. The highest BCUT2D eigenvalue weighted by Crippen LogP contribution is 2.33. The molecule has 8 heteroatoms. The third kappa shape index (κ3) is 5.23. The zero-order valence-electron chi connectivity index (χ0n) is 18.8. The Labute approximate surface area is 206 Å². The lowest BCUT2D eigenvalue weighted by molar-refractivity contribution is 0.102. The van der Waals surface area contributed by atoms with Crippen molar-refractivity contribution in [3.05, 3.63) is 102 Å². The van der Waals surface area contributed by atoms with E-state index < -0.39 is 0 Å². The van der Waals surface area contributed by atoms with E-state index >= 15 is 0 Å². The highest BCUT2D eigenvalue weighted by atomic mass is 32.2. The maximum atomic E-state index is 13.0. The van der Waals surface area contributed by atoms with Gasteiger partial charge in [-0.1, -0.05) is 30.0 Å². The molecule has 5 rings (SSSR count). The number of pyridine rings is 2. The van der Waals surface area contributed by atoms with Crippen LogP contribution in [0.2, 0.25) is 0 Å². The molecule has 0 aliphatic carbocycles. The molecule has 0 radical (unpaired) electrons. The number of rotatable bonds is 7. The summed E-state index contributed by atoms with van der Waals surface area (Å²) >= 11 is 1.52. The number of anilines is 1. The standard InChI is InChI=1S/C27H21N5O2S/c1-34-26-14-10-19(17-29-26)30-27(33)22-7-2-3-8-25(22)35-20-11-12-21-23(31-32-24(21)16-20)13-9-18-6-4-5-15-28-18/h2-17H,1H3,(H,30,33)(H,31,32)/b13-9+. The predicted octanol–water partition coefficient (Wildman–Crippen LogP) is 5.94. The SMILES string of the molecule is COc1ccc(NC(=O)c2ccccc2Sc2ccc3c(/C=C/c4ccccn4)n[nH]c3c2)cn1. The summed E-state index contributed by atoms with van der Waals surface area (Å²) in [7, 11) is 1.55. The van der Waals surface area contributed by atoms with Crippen LogP contribution in [-0.4, -0.2) is 33.2 Å². The molecule has 3 heterocycles. The topological polar surface area (TPSA) is 92.8 Å². The number of aromatic nitrogens is 4. The number of benzene rings is 2. The van der Waals surface area contributed by atoms with Crippen molar-refractivity contribution in [2.45, 2.75) is 9.79 Å². The fraction of sp³-hybridized carbons (Fsp3) is 0.0370. The van der Waals surface area contributed by atoms with Crippen LogP contribution in [-0.2, 0) is 0 Å². The number of methoxy groups -OCH3 is 1. The number of amides is 1. The number of ether oxygens (including phenoxy) is 1. The highest BCUT2D eigenvalue weighted by Gasteiger charge is 2.13. The van der Waals surface area contributed by atoms with Crippen LogP contribution in [0, 0.1) is 0 Å². The van der Waals surface area contributed by atoms with Gasteiger partial charge in [-0.2, -0.15) is 5.10 Å². The lowest BCUT2D eigenvalue weighted by Crippen LogP contribution is -2.13. The molecule has 5 aromatic rings. The van der Waals surface area contributed by atoms with Gasteiger partial charge in [-0.15, -0.1) is 0 Å². The predicted molar refractivity (Wildman–Crippen MR) is 139 cm³/mol. The molecule has 7 nitrogen and oxygen atoms in total. The Bertz CT molecular complexity index is 1500. The molecule has 35 heavy (non-hydrogen) atoms. The van der Waals surface area contributed by atoms with Crippen LogP contribution in [0.25, 0.3) is 23.1 Å². The summed E-state index contributed by atoms with van der Waals surface area (Å²) in [4.78, 5) is 23.3. The van der Waals surface area contributed by atoms with E-state index in [2.05, 4.69) is 25.5 Å². The van der Waals surface area contributed by atoms with Gasteiger partial charge in [0.25, 0.3) is 5.91 Å². The molecule has 0 aliphatic rings. The molecule has 172 valence electrons. The van der Waals surface area contributed by atoms with Crippen molar-refractivity contribution in [1.82, 2.24) is 20.2 Å². The number of hydrogen-bond donors (Lipinski definition) is 2. The molecule has 0 spiro atoms. The zero-order chi connectivity index (χ0) is 24.0. The first-order chi connectivity index (χ1) is 17.2. The van der Waals surface area contributed by atoms with E-state index in [1.165, 1.54) is 11.8 Å². The summed E-state index contributed by atoms with van der Waals surface area (Å²) in [5.74, 6) is 0.285. The number of hydrogen-bond acceptors (Lipinski definition) is 6. The molecule has 3 aromatic heterocycles. The van der Waals surface area contributed by atoms with Crippen molar-refractivity contribution in [1.29, 1.82) is 0 Å². The van der Waals surface area contributed by atoms with E-state index in [4.69, 9.17) is 4.74 Å². The van der Waals surface area contributed by atoms with Crippen molar-refractivity contribution in [2.75, 3.05) is 12.4 Å². The molecule has 0 saturated carbocycles. The summed E-state index contributed by atoms with van der Waals surface area (Å²) in [5, 5.41) is 11.4. The molecule has 0 atom stereocenters. The molecule has 1 amide bonds. The molecular weight excluding hydrogens is 458 g/mol. The van der Waals surface area contributed by atoms with E-state index in [1.807, 2.05) is 72.8 Å². The van der Waals surface area contributed by atoms with E-state index in [0.29, 0.717) is 17.1 Å². The van der Waals surface area contributed by atoms with E-state index in [1.54, 1.807) is 31.6 Å². The van der Waals surface area contributed by atoms with Gasteiger partial charge < -0.3 is 10.1 Å². The third-order valence-electron chi connectivity index (χ3n) is 5.23. The number of nitrogens with one attached hydrogen (secondary N) is 2. The van der Waals surface area contributed by atoms with Crippen molar-refractivity contribution < 1.29 is 9.53 Å². The van der Waals surface area contributed by atoms with Gasteiger partial charge in [0.15, 0.2) is 0 Å². The minimum atomic E-state index is -0.204. The lowest BCUT2D eigenvalue weighted by atomic mass is 10.2. The molecule has 0 unspecified atom stereocenters. The second kappa shape index (κ2) is 10.2. The van der Waals surface area contributed by atoms with Gasteiger partial charge in [-0.25, -0.2) is 4.98 Å². The number of nitrogens with zero attached hydrogens (tertiary/aromatic N) is 3. The molecule has 0 fully saturated rings. The number of aromatic amines is 1. The van der Waals surface area contributed by atoms with Crippen LogP contribution < -0.4 is 10.1 Å². The normalized spacial score (nSPS) is 11.1. The zero-order valence-corrected chi connectivity index (χ0v) is 19.6. The van der Waals surface area contributed by atoms with Crippen LogP contribution in [0.5, 0.6) is 5.88 Å². The second-order valence-electron chi connectivity index (χ2n) is 7.55. The Morgan fingerprint density at radius 3 is 2.69 bits per heavy atom. The first kappa shape index (κ1) is 22.4. The molecular formula is C27H21N5O2S. The summed E-state index contributed by atoms with van der Waals surface area (Å²) in [6, 6.07) is 22.9. The van der Waals surface area contributed by atoms with Crippen LogP contribution in [0.1, 0.15) is 21.7 Å². The Morgan fingerprint density at radius 2 is 1.89 bits per heavy atom. The van der Waals surface area contributed by atoms with Crippen molar-refractivity contribution in [3.63, 3.8) is 0 Å². The molecule has 0 aliphatic heterocycles. The van der Waals surface area contributed by atoms with Gasteiger partial charge in [-0.3, -0.25) is 14.9 Å². The summed E-state index contributed by atoms with van der Waals surface area (Å²) < 4.78 is 5.07. The fourth-order valence-electron chi connectivity index (χ4n) is 3.49. The van der Waals surface area contributed by atoms with Crippen LogP contribution in [0.15, 0.2) is 95.0 Å². The number of fused-ring (bicyclic) bond motifs is 1. The van der Waals surface area contributed by atoms with Crippen molar-refractivity contribution >= 4 is 46.4 Å². The Morgan fingerprint density at radius 1 is 1.00 bits per heavy atom. The maximum Gasteiger partial charge on any atom is 0.256 e. The minimum absolute atomic E-state index is 0.204. The first-order valence-electron chi connectivity index (χ1n) is 10.8. The lowest BCUT2D eigenvalue weighted by Gasteiger charge is -2.10. The van der Waals surface area contributed by atoms with Gasteiger partial charge in [-0.05, 0) is 60.7 Å². The fourth-order valence-corrected chi connectivity index (χ4v) is 4.48. The Kier molecular flexibility index (Phi) is 6.54. The van der Waals surface area contributed by atoms with E-state index in [0.717, 1.165) is 32.1 Å². The van der Waals surface area contributed by atoms with Crippen molar-refractivity contribution in [2.24, 2.45) is 0 Å². The number of carbonyl (C=O) groups excluding carboxylic acids is 1. The maximum absolute atomic E-state index is 13.0. The molecule has 0 bridgehead atoms. The largest absolute Gasteiger partial charge is 0.481 e. The van der Waals surface area contributed by atoms with E-state index in [-0.39, 0.29) is 5.91 Å². The highest BCUT2D eigenvalue weighted by molar-refractivity contribution is 7.99. The molecule has 0 saturated heterocycles.